The van der Waals surface area contributed by atoms with Crippen LogP contribution in [0, 0.1) is 0 Å². The third kappa shape index (κ3) is 9.91. The Balaban J connectivity index is 2.32. The number of amides is 1. The molecule has 1 amide bonds. The first-order valence-electron chi connectivity index (χ1n) is 9.11. The van der Waals surface area contributed by atoms with Crippen molar-refractivity contribution < 1.29 is 9.53 Å². The lowest BCUT2D eigenvalue weighted by Gasteiger charge is -2.29. The second-order valence-electron chi connectivity index (χ2n) is 7.95. The molecule has 0 aromatic heterocycles. The summed E-state index contributed by atoms with van der Waals surface area (Å²) in [5.41, 5.74) is 0.355. The Kier molecular flexibility index (Phi) is 8.42. The van der Waals surface area contributed by atoms with Crippen molar-refractivity contribution in [1.82, 2.24) is 16.0 Å². The zero-order valence-corrected chi connectivity index (χ0v) is 17.0. The number of carbonyl (C=O) groups excluding carboxylic acids is 1. The summed E-state index contributed by atoms with van der Waals surface area (Å²) >= 11 is 0. The van der Waals surface area contributed by atoms with Crippen molar-refractivity contribution in [2.75, 3.05) is 20.1 Å². The summed E-state index contributed by atoms with van der Waals surface area (Å²) in [6, 6.07) is 10.4. The van der Waals surface area contributed by atoms with Crippen molar-refractivity contribution in [3.63, 3.8) is 0 Å². The summed E-state index contributed by atoms with van der Waals surface area (Å²) < 4.78 is 5.30. The van der Waals surface area contributed by atoms with E-state index in [1.165, 1.54) is 5.56 Å². The lowest BCUT2D eigenvalue weighted by atomic mass is 10.1. The van der Waals surface area contributed by atoms with E-state index in [0.717, 1.165) is 25.3 Å². The highest BCUT2D eigenvalue weighted by atomic mass is 16.6. The van der Waals surface area contributed by atoms with Gasteiger partial charge >= 0.3 is 6.09 Å². The molecule has 3 N–H and O–H groups in total. The van der Waals surface area contributed by atoms with Gasteiger partial charge < -0.3 is 20.7 Å². The average Bonchev–Trinajstić information content (AvgIpc) is 2.52. The molecule has 0 atom stereocenters. The summed E-state index contributed by atoms with van der Waals surface area (Å²) in [5.74, 6) is 0.720. The summed E-state index contributed by atoms with van der Waals surface area (Å²) in [4.78, 5) is 16.2. The first-order chi connectivity index (χ1) is 12.1. The van der Waals surface area contributed by atoms with Gasteiger partial charge in [0.1, 0.15) is 5.60 Å². The van der Waals surface area contributed by atoms with Gasteiger partial charge in [0.15, 0.2) is 5.96 Å². The maximum Gasteiger partial charge on any atom is 0.408 e. The van der Waals surface area contributed by atoms with Crippen LogP contribution in [0.1, 0.15) is 46.6 Å². The summed E-state index contributed by atoms with van der Waals surface area (Å²) in [5, 5.41) is 9.42. The topological polar surface area (TPSA) is 74.8 Å². The van der Waals surface area contributed by atoms with E-state index < -0.39 is 17.2 Å². The van der Waals surface area contributed by atoms with Crippen molar-refractivity contribution >= 4 is 12.1 Å². The molecule has 6 heteroatoms. The van der Waals surface area contributed by atoms with Gasteiger partial charge in [-0.25, -0.2) is 4.79 Å². The fourth-order valence-electron chi connectivity index (χ4n) is 2.29. The number of aryl methyl sites for hydroxylation is 1. The van der Waals surface area contributed by atoms with Gasteiger partial charge in [-0.1, -0.05) is 30.3 Å². The smallest absolute Gasteiger partial charge is 0.408 e. The van der Waals surface area contributed by atoms with Crippen molar-refractivity contribution in [3.05, 3.63) is 35.9 Å². The van der Waals surface area contributed by atoms with Crippen LogP contribution in [0.5, 0.6) is 0 Å². The molecule has 6 nitrogen and oxygen atoms in total. The van der Waals surface area contributed by atoms with Crippen LogP contribution in [0.25, 0.3) is 0 Å². The summed E-state index contributed by atoms with van der Waals surface area (Å²) in [6.45, 7) is 10.8. The number of alkyl carbamates (subject to hydrolysis) is 1. The molecule has 0 spiro atoms. The molecule has 0 unspecified atom stereocenters. The summed E-state index contributed by atoms with van der Waals surface area (Å²) in [6.07, 6.45) is 1.62. The zero-order chi connectivity index (χ0) is 19.6. The van der Waals surface area contributed by atoms with Gasteiger partial charge in [-0.15, -0.1) is 0 Å². The number of rotatable bonds is 7. The van der Waals surface area contributed by atoms with E-state index in [9.17, 15) is 4.79 Å². The van der Waals surface area contributed by atoms with Gasteiger partial charge in [0.2, 0.25) is 0 Å². The van der Waals surface area contributed by atoms with E-state index in [1.54, 1.807) is 7.05 Å². The predicted octanol–water partition coefficient (Wildman–Crippen LogP) is 3.09. The van der Waals surface area contributed by atoms with Crippen LogP contribution < -0.4 is 16.0 Å². The maximum atomic E-state index is 11.9. The third-order valence-corrected chi connectivity index (χ3v) is 3.54. The molecule has 0 aliphatic rings. The van der Waals surface area contributed by atoms with Crippen LogP contribution in [0.15, 0.2) is 35.3 Å². The molecule has 0 radical (unpaired) electrons. The van der Waals surface area contributed by atoms with Gasteiger partial charge in [-0.3, -0.25) is 4.99 Å². The number of nitrogens with zero attached hydrogens (tertiary/aromatic N) is 1. The Morgan fingerprint density at radius 2 is 1.73 bits per heavy atom. The lowest BCUT2D eigenvalue weighted by molar-refractivity contribution is 0.0474. The Morgan fingerprint density at radius 1 is 1.08 bits per heavy atom. The second kappa shape index (κ2) is 10.0. The Hall–Kier alpha value is -2.24. The van der Waals surface area contributed by atoms with E-state index in [-0.39, 0.29) is 0 Å². The van der Waals surface area contributed by atoms with Crippen LogP contribution in [0.2, 0.25) is 0 Å². The van der Waals surface area contributed by atoms with Crippen LogP contribution in [-0.4, -0.2) is 43.3 Å². The SMILES string of the molecule is CN=C(NCCCc1ccccc1)NCC(C)(C)NC(=O)OC(C)(C)C. The number of benzene rings is 1. The fraction of sp³-hybridized carbons (Fsp3) is 0.600. The number of guanidine groups is 1. The number of ether oxygens (including phenoxy) is 1. The molecule has 0 aliphatic carbocycles. The molecule has 0 fully saturated rings. The molecular weight excluding hydrogens is 328 g/mol. The van der Waals surface area contributed by atoms with Crippen LogP contribution in [0.4, 0.5) is 4.79 Å². The van der Waals surface area contributed by atoms with Gasteiger partial charge in [0, 0.05) is 20.1 Å². The van der Waals surface area contributed by atoms with Gasteiger partial charge in [-0.05, 0) is 53.0 Å². The molecular formula is C20H34N4O2. The number of carbonyl (C=O) groups is 1. The zero-order valence-electron chi connectivity index (χ0n) is 17.0. The monoisotopic (exact) mass is 362 g/mol. The quantitative estimate of drug-likeness (QED) is 0.396. The fourth-order valence-corrected chi connectivity index (χ4v) is 2.29. The van der Waals surface area contributed by atoms with Gasteiger partial charge in [-0.2, -0.15) is 0 Å². The minimum absolute atomic E-state index is 0.421. The molecule has 0 bridgehead atoms. The van der Waals surface area contributed by atoms with E-state index in [2.05, 4.69) is 45.2 Å². The normalized spacial score (nSPS) is 12.5. The van der Waals surface area contributed by atoms with E-state index in [1.807, 2.05) is 40.7 Å². The lowest BCUT2D eigenvalue weighted by Crippen LogP contribution is -2.54. The average molecular weight is 363 g/mol. The minimum atomic E-state index is -0.510. The molecule has 0 aliphatic heterocycles. The second-order valence-corrected chi connectivity index (χ2v) is 7.95. The number of hydrogen-bond acceptors (Lipinski definition) is 3. The molecule has 26 heavy (non-hydrogen) atoms. The molecule has 0 saturated carbocycles. The van der Waals surface area contributed by atoms with E-state index in [0.29, 0.717) is 6.54 Å². The van der Waals surface area contributed by atoms with Crippen molar-refractivity contribution in [3.8, 4) is 0 Å². The van der Waals surface area contributed by atoms with E-state index >= 15 is 0 Å². The largest absolute Gasteiger partial charge is 0.444 e. The van der Waals surface area contributed by atoms with Crippen LogP contribution >= 0.6 is 0 Å². The molecule has 1 rings (SSSR count). The van der Waals surface area contributed by atoms with Crippen molar-refractivity contribution in [2.24, 2.45) is 4.99 Å². The molecule has 1 aromatic carbocycles. The highest BCUT2D eigenvalue weighted by Crippen LogP contribution is 2.09. The number of aliphatic imine (C=N–C) groups is 1. The Bertz CT molecular complexity index is 577. The standard InChI is InChI=1S/C20H34N4O2/c1-19(2,3)26-18(25)24-20(4,5)15-23-17(21-6)22-14-10-13-16-11-8-7-9-12-16/h7-9,11-12H,10,13-15H2,1-6H3,(H,24,25)(H2,21,22,23). The number of nitrogens with one attached hydrogen (secondary N) is 3. The Morgan fingerprint density at radius 3 is 2.31 bits per heavy atom. The molecule has 146 valence electrons. The first kappa shape index (κ1) is 21.8. The van der Waals surface area contributed by atoms with Gasteiger partial charge in [0.25, 0.3) is 0 Å². The summed E-state index contributed by atoms with van der Waals surface area (Å²) in [7, 11) is 1.74. The van der Waals surface area contributed by atoms with Gasteiger partial charge in [0.05, 0.1) is 5.54 Å². The highest BCUT2D eigenvalue weighted by molar-refractivity contribution is 5.79. The minimum Gasteiger partial charge on any atom is -0.444 e. The molecule has 1 aromatic rings. The third-order valence-electron chi connectivity index (χ3n) is 3.54. The first-order valence-corrected chi connectivity index (χ1v) is 9.11. The highest BCUT2D eigenvalue weighted by Gasteiger charge is 2.24. The Labute approximate surface area is 157 Å². The molecule has 0 saturated heterocycles. The maximum absolute atomic E-state index is 11.9. The predicted molar refractivity (Wildman–Crippen MR) is 108 cm³/mol. The number of hydrogen-bond donors (Lipinski definition) is 3. The molecule has 0 heterocycles. The van der Waals surface area contributed by atoms with Crippen LogP contribution in [-0.2, 0) is 11.2 Å². The van der Waals surface area contributed by atoms with E-state index in [4.69, 9.17) is 4.74 Å². The van der Waals surface area contributed by atoms with Crippen molar-refractivity contribution in [2.45, 2.75) is 58.6 Å². The van der Waals surface area contributed by atoms with Crippen molar-refractivity contribution in [1.29, 1.82) is 0 Å². The van der Waals surface area contributed by atoms with Crippen LogP contribution in [0.3, 0.4) is 0 Å².